The summed E-state index contributed by atoms with van der Waals surface area (Å²) in [7, 11) is 1.94. The molecule has 1 aromatic carbocycles. The van der Waals surface area contributed by atoms with Crippen LogP contribution in [0.25, 0.3) is 0 Å². The predicted octanol–water partition coefficient (Wildman–Crippen LogP) is 2.95. The topological polar surface area (TPSA) is 24.9 Å². The lowest BCUT2D eigenvalue weighted by atomic mass is 10.3. The van der Waals surface area contributed by atoms with Gasteiger partial charge in [0, 0.05) is 17.6 Å². The van der Waals surface area contributed by atoms with Crippen molar-refractivity contribution < 1.29 is 0 Å². The van der Waals surface area contributed by atoms with Crippen LogP contribution in [0, 0.1) is 0 Å². The molecule has 0 atom stereocenters. The molecule has 16 heavy (non-hydrogen) atoms. The first kappa shape index (κ1) is 11.2. The molecule has 0 spiro atoms. The van der Waals surface area contributed by atoms with Crippen LogP contribution in [0.2, 0.25) is 0 Å². The summed E-state index contributed by atoms with van der Waals surface area (Å²) in [5.74, 6) is 0. The summed E-state index contributed by atoms with van der Waals surface area (Å²) < 4.78 is 0. The summed E-state index contributed by atoms with van der Waals surface area (Å²) in [5.41, 5.74) is 1.21. The van der Waals surface area contributed by atoms with Crippen LogP contribution in [0.1, 0.15) is 5.56 Å². The van der Waals surface area contributed by atoms with Gasteiger partial charge in [-0.15, -0.1) is 0 Å². The van der Waals surface area contributed by atoms with E-state index in [4.69, 9.17) is 0 Å². The number of hydrogen-bond donors (Lipinski definition) is 1. The van der Waals surface area contributed by atoms with Gasteiger partial charge >= 0.3 is 0 Å². The Kier molecular flexibility index (Phi) is 3.97. The van der Waals surface area contributed by atoms with Crippen molar-refractivity contribution >= 4 is 11.8 Å². The van der Waals surface area contributed by atoms with Crippen molar-refractivity contribution in [3.63, 3.8) is 0 Å². The maximum Gasteiger partial charge on any atom is 0.101 e. The van der Waals surface area contributed by atoms with Crippen molar-refractivity contribution in [2.75, 3.05) is 7.05 Å². The highest BCUT2D eigenvalue weighted by atomic mass is 32.2. The van der Waals surface area contributed by atoms with Crippen LogP contribution in [0.3, 0.4) is 0 Å². The molecule has 2 aromatic rings. The van der Waals surface area contributed by atoms with Gasteiger partial charge in [0.2, 0.25) is 0 Å². The Morgan fingerprint density at radius 3 is 2.56 bits per heavy atom. The van der Waals surface area contributed by atoms with Gasteiger partial charge < -0.3 is 5.32 Å². The Bertz CT molecular complexity index is 425. The molecule has 2 rings (SSSR count). The molecule has 0 aliphatic heterocycles. The zero-order valence-corrected chi connectivity index (χ0v) is 10.00. The molecule has 0 fully saturated rings. The SMILES string of the molecule is CNCc1ccc(Sc2ccccc2)nc1. The molecule has 0 amide bonds. The van der Waals surface area contributed by atoms with E-state index in [0.717, 1.165) is 11.6 Å². The maximum atomic E-state index is 4.42. The van der Waals surface area contributed by atoms with Gasteiger partial charge in [-0.05, 0) is 30.8 Å². The van der Waals surface area contributed by atoms with E-state index >= 15 is 0 Å². The lowest BCUT2D eigenvalue weighted by Crippen LogP contribution is -2.04. The first-order valence-corrected chi connectivity index (χ1v) is 6.02. The van der Waals surface area contributed by atoms with Gasteiger partial charge in [-0.2, -0.15) is 0 Å². The third kappa shape index (κ3) is 3.08. The fourth-order valence-corrected chi connectivity index (χ4v) is 2.17. The van der Waals surface area contributed by atoms with Crippen molar-refractivity contribution in [2.45, 2.75) is 16.5 Å². The number of hydrogen-bond acceptors (Lipinski definition) is 3. The van der Waals surface area contributed by atoms with E-state index in [1.165, 1.54) is 10.5 Å². The molecule has 0 saturated carbocycles. The van der Waals surface area contributed by atoms with E-state index in [1.54, 1.807) is 11.8 Å². The maximum absolute atomic E-state index is 4.42. The molecule has 0 bridgehead atoms. The summed E-state index contributed by atoms with van der Waals surface area (Å²) in [4.78, 5) is 5.63. The van der Waals surface area contributed by atoms with Gasteiger partial charge in [0.05, 0.1) is 0 Å². The van der Waals surface area contributed by atoms with Crippen molar-refractivity contribution in [3.8, 4) is 0 Å². The van der Waals surface area contributed by atoms with Crippen LogP contribution in [0.5, 0.6) is 0 Å². The molecular weight excluding hydrogens is 216 g/mol. The number of nitrogens with one attached hydrogen (secondary N) is 1. The molecule has 1 heterocycles. The van der Waals surface area contributed by atoms with Crippen molar-refractivity contribution in [1.29, 1.82) is 0 Å². The molecule has 2 nitrogen and oxygen atoms in total. The summed E-state index contributed by atoms with van der Waals surface area (Å²) in [6.45, 7) is 0.864. The minimum atomic E-state index is 0.864. The molecular formula is C13H14N2S. The summed E-state index contributed by atoms with van der Waals surface area (Å²) in [6.07, 6.45) is 1.92. The number of pyridine rings is 1. The van der Waals surface area contributed by atoms with Gasteiger partial charge in [0.15, 0.2) is 0 Å². The molecule has 0 aliphatic rings. The molecule has 82 valence electrons. The molecule has 0 unspecified atom stereocenters. The normalized spacial score (nSPS) is 10.3. The van der Waals surface area contributed by atoms with E-state index in [0.29, 0.717) is 0 Å². The highest BCUT2D eigenvalue weighted by Crippen LogP contribution is 2.25. The van der Waals surface area contributed by atoms with Gasteiger partial charge in [-0.3, -0.25) is 0 Å². The highest BCUT2D eigenvalue weighted by molar-refractivity contribution is 7.99. The molecule has 0 radical (unpaired) electrons. The molecule has 0 aliphatic carbocycles. The van der Waals surface area contributed by atoms with Crippen molar-refractivity contribution in [1.82, 2.24) is 10.3 Å². The van der Waals surface area contributed by atoms with E-state index in [9.17, 15) is 0 Å². The fourth-order valence-electron chi connectivity index (χ4n) is 1.39. The monoisotopic (exact) mass is 230 g/mol. The van der Waals surface area contributed by atoms with E-state index in [-0.39, 0.29) is 0 Å². The smallest absolute Gasteiger partial charge is 0.101 e. The third-order valence-corrected chi connectivity index (χ3v) is 3.10. The second kappa shape index (κ2) is 5.68. The van der Waals surface area contributed by atoms with Crippen molar-refractivity contribution in [3.05, 3.63) is 54.2 Å². The minimum Gasteiger partial charge on any atom is -0.316 e. The Morgan fingerprint density at radius 1 is 1.12 bits per heavy atom. The predicted molar refractivity (Wildman–Crippen MR) is 67.6 cm³/mol. The third-order valence-electron chi connectivity index (χ3n) is 2.14. The Balaban J connectivity index is 2.05. The first-order valence-electron chi connectivity index (χ1n) is 5.21. The average Bonchev–Trinajstić information content (AvgIpc) is 2.33. The van der Waals surface area contributed by atoms with E-state index < -0.39 is 0 Å². The zero-order valence-electron chi connectivity index (χ0n) is 9.18. The Hall–Kier alpha value is -1.32. The lowest BCUT2D eigenvalue weighted by molar-refractivity contribution is 0.809. The van der Waals surface area contributed by atoms with Crippen LogP contribution in [-0.4, -0.2) is 12.0 Å². The zero-order chi connectivity index (χ0) is 11.2. The van der Waals surface area contributed by atoms with Crippen LogP contribution in [-0.2, 0) is 6.54 Å². The number of rotatable bonds is 4. The second-order valence-electron chi connectivity index (χ2n) is 3.45. The van der Waals surface area contributed by atoms with Gasteiger partial charge in [-0.1, -0.05) is 36.0 Å². The standard InChI is InChI=1S/C13H14N2S/c1-14-9-11-7-8-13(15-10-11)16-12-5-3-2-4-6-12/h2-8,10,14H,9H2,1H3. The number of aromatic nitrogens is 1. The largest absolute Gasteiger partial charge is 0.316 e. The Morgan fingerprint density at radius 2 is 1.94 bits per heavy atom. The minimum absolute atomic E-state index is 0.864. The highest BCUT2D eigenvalue weighted by Gasteiger charge is 1.98. The van der Waals surface area contributed by atoms with E-state index in [1.807, 2.05) is 31.4 Å². The molecule has 1 N–H and O–H groups in total. The van der Waals surface area contributed by atoms with Gasteiger partial charge in [-0.25, -0.2) is 4.98 Å². The van der Waals surface area contributed by atoms with Gasteiger partial charge in [0.1, 0.15) is 5.03 Å². The molecule has 1 aromatic heterocycles. The molecule has 3 heteroatoms. The van der Waals surface area contributed by atoms with Crippen molar-refractivity contribution in [2.24, 2.45) is 0 Å². The quantitative estimate of drug-likeness (QED) is 0.874. The molecule has 0 saturated heterocycles. The first-order chi connectivity index (χ1) is 7.88. The Labute approximate surface area is 100 Å². The lowest BCUT2D eigenvalue weighted by Gasteiger charge is -2.02. The summed E-state index contributed by atoms with van der Waals surface area (Å²) in [6, 6.07) is 14.4. The van der Waals surface area contributed by atoms with Crippen LogP contribution < -0.4 is 5.32 Å². The number of benzene rings is 1. The second-order valence-corrected chi connectivity index (χ2v) is 4.54. The van der Waals surface area contributed by atoms with Crippen LogP contribution >= 0.6 is 11.8 Å². The van der Waals surface area contributed by atoms with Crippen LogP contribution in [0.4, 0.5) is 0 Å². The van der Waals surface area contributed by atoms with E-state index in [2.05, 4.69) is 34.6 Å². The number of nitrogens with zero attached hydrogens (tertiary/aromatic N) is 1. The summed E-state index contributed by atoms with van der Waals surface area (Å²) in [5, 5.41) is 4.14. The average molecular weight is 230 g/mol. The van der Waals surface area contributed by atoms with Gasteiger partial charge in [0.25, 0.3) is 0 Å². The summed E-state index contributed by atoms with van der Waals surface area (Å²) >= 11 is 1.68. The van der Waals surface area contributed by atoms with Crippen LogP contribution in [0.15, 0.2) is 58.6 Å². The fraction of sp³-hybridized carbons (Fsp3) is 0.154.